The van der Waals surface area contributed by atoms with Crippen molar-refractivity contribution in [3.63, 3.8) is 0 Å². The minimum Gasteiger partial charge on any atom is -0.395 e. The monoisotopic (exact) mass is 570 g/mol. The number of H-pyrrole nitrogens is 1. The summed E-state index contributed by atoms with van der Waals surface area (Å²) < 4.78 is 28.8. The van der Waals surface area contributed by atoms with Gasteiger partial charge in [-0.15, -0.1) is 24.8 Å². The van der Waals surface area contributed by atoms with Crippen LogP contribution < -0.4 is 9.50 Å². The van der Waals surface area contributed by atoms with Crippen LogP contribution in [0.15, 0.2) is 30.3 Å². The standard InChI is InChI=1S/C25H30N4O5S.2ClH/c1-16-11-19(23-20(14-26-25(23)31)24(16)34-35(2,32)33)22-13-18-12-17(3-4-21(18)27-22)15-29-7-5-28(6-8-29)9-10-30;;/h3-4,11-13,27,30H,5-10,14-15H2,1-2H3,(H,26,31);2*1H. The highest BCUT2D eigenvalue weighted by molar-refractivity contribution is 7.86. The number of carbonyl (C=O) groups is 1. The summed E-state index contributed by atoms with van der Waals surface area (Å²) in [6.07, 6.45) is 1.00. The molecule has 5 rings (SSSR count). The van der Waals surface area contributed by atoms with E-state index in [9.17, 15) is 13.2 Å². The van der Waals surface area contributed by atoms with Gasteiger partial charge in [0.25, 0.3) is 5.91 Å². The van der Waals surface area contributed by atoms with Gasteiger partial charge in [-0.25, -0.2) is 0 Å². The van der Waals surface area contributed by atoms with Crippen molar-refractivity contribution in [1.82, 2.24) is 20.1 Å². The second-order valence-corrected chi connectivity index (χ2v) is 10.9. The molecule has 1 fully saturated rings. The minimum absolute atomic E-state index is 0. The first kappa shape index (κ1) is 29.2. The topological polar surface area (TPSA) is 115 Å². The number of aryl methyl sites for hydroxylation is 1. The Labute approximate surface area is 229 Å². The first-order chi connectivity index (χ1) is 16.7. The van der Waals surface area contributed by atoms with Crippen molar-refractivity contribution in [3.05, 3.63) is 52.6 Å². The molecular weight excluding hydrogens is 539 g/mol. The summed E-state index contributed by atoms with van der Waals surface area (Å²) in [6, 6.07) is 10.2. The normalized spacial score (nSPS) is 16.1. The Morgan fingerprint density at radius 3 is 2.43 bits per heavy atom. The Bertz CT molecular complexity index is 1400. The molecule has 0 aliphatic carbocycles. The lowest BCUT2D eigenvalue weighted by molar-refractivity contribution is 0.0966. The molecule has 1 aromatic heterocycles. The second kappa shape index (κ2) is 11.6. The van der Waals surface area contributed by atoms with Crippen molar-refractivity contribution in [2.45, 2.75) is 20.0 Å². The number of hydrogen-bond acceptors (Lipinski definition) is 7. The summed E-state index contributed by atoms with van der Waals surface area (Å²) in [5.74, 6) is -0.0184. The highest BCUT2D eigenvalue weighted by atomic mass is 35.5. The molecule has 3 heterocycles. The summed E-state index contributed by atoms with van der Waals surface area (Å²) in [4.78, 5) is 20.8. The van der Waals surface area contributed by atoms with E-state index in [-0.39, 0.29) is 49.6 Å². The van der Waals surface area contributed by atoms with Crippen LogP contribution in [0.4, 0.5) is 0 Å². The van der Waals surface area contributed by atoms with E-state index in [1.807, 2.05) is 12.1 Å². The number of halogens is 2. The number of aliphatic hydroxyl groups is 1. The predicted molar refractivity (Wildman–Crippen MR) is 148 cm³/mol. The van der Waals surface area contributed by atoms with Crippen LogP contribution in [0.5, 0.6) is 5.75 Å². The first-order valence-electron chi connectivity index (χ1n) is 11.7. The van der Waals surface area contributed by atoms with Gasteiger partial charge in [0.1, 0.15) is 0 Å². The number of piperazine rings is 1. The quantitative estimate of drug-likeness (QED) is 0.374. The maximum Gasteiger partial charge on any atom is 0.306 e. The smallest absolute Gasteiger partial charge is 0.306 e. The molecule has 1 amide bonds. The third-order valence-electron chi connectivity index (χ3n) is 6.71. The van der Waals surface area contributed by atoms with E-state index >= 15 is 0 Å². The number of aromatic nitrogens is 1. The third-order valence-corrected chi connectivity index (χ3v) is 7.18. The molecule has 202 valence electrons. The number of aromatic amines is 1. The van der Waals surface area contributed by atoms with Crippen LogP contribution in [0.2, 0.25) is 0 Å². The van der Waals surface area contributed by atoms with E-state index in [0.717, 1.165) is 67.7 Å². The Hall–Kier alpha value is -2.34. The number of aliphatic hydroxyl groups excluding tert-OH is 1. The summed E-state index contributed by atoms with van der Waals surface area (Å²) in [6.45, 7) is 7.66. The van der Waals surface area contributed by atoms with Crippen LogP contribution in [-0.2, 0) is 23.2 Å². The van der Waals surface area contributed by atoms with Crippen molar-refractivity contribution in [2.75, 3.05) is 45.6 Å². The zero-order valence-corrected chi connectivity index (χ0v) is 23.2. The predicted octanol–water partition coefficient (Wildman–Crippen LogP) is 2.68. The number of nitrogens with one attached hydrogen (secondary N) is 2. The summed E-state index contributed by atoms with van der Waals surface area (Å²) in [7, 11) is -3.72. The van der Waals surface area contributed by atoms with Crippen LogP contribution in [-0.4, -0.2) is 79.8 Å². The second-order valence-electron chi connectivity index (χ2n) is 9.34. The van der Waals surface area contributed by atoms with Crippen molar-refractivity contribution >= 4 is 51.7 Å². The Morgan fingerprint density at radius 2 is 1.76 bits per heavy atom. The number of benzene rings is 2. The fraction of sp³-hybridized carbons (Fsp3) is 0.400. The van der Waals surface area contributed by atoms with Gasteiger partial charge in [-0.2, -0.15) is 8.42 Å². The SMILES string of the molecule is Cc1cc(-c2cc3cc(CN4CCN(CCO)CC4)ccc3[nH]2)c2c(c1OS(C)(=O)=O)CNC2=O.Cl.Cl. The molecule has 37 heavy (non-hydrogen) atoms. The van der Waals surface area contributed by atoms with E-state index in [1.54, 1.807) is 6.92 Å². The Morgan fingerprint density at radius 1 is 1.05 bits per heavy atom. The van der Waals surface area contributed by atoms with Gasteiger partial charge in [-0.05, 0) is 42.3 Å². The molecule has 0 saturated carbocycles. The number of fused-ring (bicyclic) bond motifs is 2. The molecule has 0 bridgehead atoms. The molecule has 0 unspecified atom stereocenters. The molecule has 3 N–H and O–H groups in total. The zero-order valence-electron chi connectivity index (χ0n) is 20.7. The number of β-amino-alcohol motifs (C(OH)–C–C–N with tert-alkyl or cyclic N) is 1. The molecule has 2 aliphatic heterocycles. The highest BCUT2D eigenvalue weighted by Crippen LogP contribution is 2.39. The number of hydrogen-bond donors (Lipinski definition) is 3. The van der Waals surface area contributed by atoms with Crippen LogP contribution in [0, 0.1) is 6.92 Å². The molecule has 12 heteroatoms. The number of rotatable bonds is 7. The van der Waals surface area contributed by atoms with Crippen LogP contribution in [0.1, 0.15) is 27.0 Å². The maximum atomic E-state index is 12.7. The van der Waals surface area contributed by atoms with Gasteiger partial charge < -0.3 is 19.6 Å². The molecule has 3 aromatic rings. The van der Waals surface area contributed by atoms with Gasteiger partial charge >= 0.3 is 10.1 Å². The lowest BCUT2D eigenvalue weighted by Crippen LogP contribution is -2.46. The average molecular weight is 572 g/mol. The van der Waals surface area contributed by atoms with Gasteiger partial charge in [0.15, 0.2) is 5.75 Å². The Balaban J connectivity index is 0.00000190. The summed E-state index contributed by atoms with van der Waals surface area (Å²) >= 11 is 0. The van der Waals surface area contributed by atoms with Gasteiger partial charge in [-0.1, -0.05) is 6.07 Å². The van der Waals surface area contributed by atoms with Crippen LogP contribution in [0.3, 0.4) is 0 Å². The molecular formula is C25H32Cl2N4O5S. The number of carbonyl (C=O) groups excluding carboxylic acids is 1. The molecule has 2 aromatic carbocycles. The van der Waals surface area contributed by atoms with E-state index in [2.05, 4.69) is 38.3 Å². The number of amides is 1. The van der Waals surface area contributed by atoms with Gasteiger partial charge in [0.2, 0.25) is 0 Å². The number of nitrogens with zero attached hydrogens (tertiary/aromatic N) is 2. The molecule has 0 atom stereocenters. The van der Waals surface area contributed by atoms with Crippen LogP contribution in [0.25, 0.3) is 22.2 Å². The lowest BCUT2D eigenvalue weighted by atomic mass is 9.96. The zero-order chi connectivity index (χ0) is 24.7. The highest BCUT2D eigenvalue weighted by Gasteiger charge is 2.30. The van der Waals surface area contributed by atoms with E-state index in [0.29, 0.717) is 16.7 Å². The van der Waals surface area contributed by atoms with Crippen molar-refractivity contribution in [3.8, 4) is 17.0 Å². The van der Waals surface area contributed by atoms with Crippen molar-refractivity contribution < 1.29 is 22.5 Å². The van der Waals surface area contributed by atoms with Gasteiger partial charge in [-0.3, -0.25) is 14.6 Å². The summed E-state index contributed by atoms with van der Waals surface area (Å²) in [5, 5.41) is 13.0. The first-order valence-corrected chi connectivity index (χ1v) is 13.5. The van der Waals surface area contributed by atoms with Crippen LogP contribution >= 0.6 is 24.8 Å². The van der Waals surface area contributed by atoms with Gasteiger partial charge in [0, 0.05) is 73.5 Å². The molecule has 2 aliphatic rings. The van der Waals surface area contributed by atoms with Gasteiger partial charge in [0.05, 0.1) is 18.4 Å². The van der Waals surface area contributed by atoms with E-state index < -0.39 is 10.1 Å². The molecule has 1 saturated heterocycles. The fourth-order valence-corrected chi connectivity index (χ4v) is 5.56. The lowest BCUT2D eigenvalue weighted by Gasteiger charge is -2.34. The largest absolute Gasteiger partial charge is 0.395 e. The molecule has 0 radical (unpaired) electrons. The maximum absolute atomic E-state index is 12.7. The molecule has 9 nitrogen and oxygen atoms in total. The molecule has 0 spiro atoms. The third kappa shape index (κ3) is 6.22. The van der Waals surface area contributed by atoms with Crippen molar-refractivity contribution in [1.29, 1.82) is 0 Å². The fourth-order valence-electron chi connectivity index (χ4n) is 5.03. The summed E-state index contributed by atoms with van der Waals surface area (Å²) in [5.41, 5.74) is 5.38. The average Bonchev–Trinajstić information content (AvgIpc) is 3.40. The van der Waals surface area contributed by atoms with E-state index in [1.165, 1.54) is 5.56 Å². The Kier molecular flexibility index (Phi) is 9.15. The minimum atomic E-state index is -3.72. The van der Waals surface area contributed by atoms with E-state index in [4.69, 9.17) is 9.29 Å². The van der Waals surface area contributed by atoms with Crippen molar-refractivity contribution in [2.24, 2.45) is 0 Å².